The second-order valence-electron chi connectivity index (χ2n) is 6.51. The lowest BCUT2D eigenvalue weighted by molar-refractivity contribution is -0.149. The van der Waals surface area contributed by atoms with E-state index in [1.807, 2.05) is 0 Å². The van der Waals surface area contributed by atoms with E-state index in [1.165, 1.54) is 17.5 Å². The van der Waals surface area contributed by atoms with E-state index < -0.39 is 5.97 Å². The summed E-state index contributed by atoms with van der Waals surface area (Å²) < 4.78 is 0. The number of hydrogen-bond acceptors (Lipinski definition) is 2. The summed E-state index contributed by atoms with van der Waals surface area (Å²) in [6.07, 6.45) is 2.30. The second kappa shape index (κ2) is 4.34. The van der Waals surface area contributed by atoms with Gasteiger partial charge in [-0.15, -0.1) is 0 Å². The Morgan fingerprint density at radius 3 is 2.68 bits per heavy atom. The molecule has 1 aromatic rings. The molecule has 1 fully saturated rings. The van der Waals surface area contributed by atoms with Gasteiger partial charge in [0.25, 0.3) is 0 Å². The van der Waals surface area contributed by atoms with E-state index >= 15 is 0 Å². The molecule has 0 spiro atoms. The third-order valence-electron chi connectivity index (χ3n) is 4.79. The van der Waals surface area contributed by atoms with E-state index in [0.717, 1.165) is 6.42 Å². The fourth-order valence-electron chi connectivity index (χ4n) is 3.49. The fraction of sp³-hybridized carbons (Fsp3) is 0.562. The monoisotopic (exact) mass is 259 g/mol. The number of fused-ring (bicyclic) bond motifs is 1. The van der Waals surface area contributed by atoms with Crippen molar-refractivity contribution in [2.45, 2.75) is 38.1 Å². The first-order valence-electron chi connectivity index (χ1n) is 7.05. The Bertz CT molecular complexity index is 503. The number of nitrogens with zero attached hydrogens (tertiary/aromatic N) is 1. The highest BCUT2D eigenvalue weighted by Crippen LogP contribution is 2.45. The van der Waals surface area contributed by atoms with Crippen LogP contribution in [0, 0.1) is 5.92 Å². The van der Waals surface area contributed by atoms with Gasteiger partial charge in [0.05, 0.1) is 5.92 Å². The van der Waals surface area contributed by atoms with Crippen LogP contribution in [-0.2, 0) is 10.2 Å². The Morgan fingerprint density at radius 2 is 2.00 bits per heavy atom. The molecular weight excluding hydrogens is 238 g/mol. The van der Waals surface area contributed by atoms with Gasteiger partial charge in [-0.05, 0) is 29.4 Å². The summed E-state index contributed by atoms with van der Waals surface area (Å²) in [6, 6.07) is 9.08. The second-order valence-corrected chi connectivity index (χ2v) is 6.51. The molecule has 1 atom stereocenters. The molecule has 2 aliphatic rings. The molecule has 3 heteroatoms. The topological polar surface area (TPSA) is 40.5 Å². The molecule has 0 amide bonds. The Hall–Kier alpha value is -1.35. The van der Waals surface area contributed by atoms with Gasteiger partial charge in [0.2, 0.25) is 0 Å². The summed E-state index contributed by atoms with van der Waals surface area (Å²) in [6.45, 7) is 6.01. The normalized spacial score (nSPS) is 26.5. The maximum absolute atomic E-state index is 10.9. The molecule has 1 aliphatic heterocycles. The van der Waals surface area contributed by atoms with Gasteiger partial charge < -0.3 is 5.11 Å². The summed E-state index contributed by atoms with van der Waals surface area (Å²) in [4.78, 5) is 13.3. The van der Waals surface area contributed by atoms with Gasteiger partial charge in [0.1, 0.15) is 0 Å². The lowest BCUT2D eigenvalue weighted by atomic mass is 9.70. The number of carbonyl (C=O) groups is 1. The highest BCUT2D eigenvalue weighted by atomic mass is 16.4. The third kappa shape index (κ3) is 2.06. The van der Waals surface area contributed by atoms with E-state index in [2.05, 4.69) is 43.0 Å². The van der Waals surface area contributed by atoms with Crippen LogP contribution in [0.1, 0.15) is 43.9 Å². The van der Waals surface area contributed by atoms with Crippen molar-refractivity contribution in [3.05, 3.63) is 35.4 Å². The number of carboxylic acids is 1. The molecule has 1 unspecified atom stereocenters. The first-order valence-corrected chi connectivity index (χ1v) is 7.05. The van der Waals surface area contributed by atoms with Gasteiger partial charge in [-0.3, -0.25) is 9.69 Å². The van der Waals surface area contributed by atoms with Gasteiger partial charge in [0.15, 0.2) is 0 Å². The minimum absolute atomic E-state index is 0.165. The van der Waals surface area contributed by atoms with Crippen molar-refractivity contribution in [3.8, 4) is 0 Å². The first kappa shape index (κ1) is 12.7. The summed E-state index contributed by atoms with van der Waals surface area (Å²) in [5, 5.41) is 9.00. The summed E-state index contributed by atoms with van der Waals surface area (Å²) >= 11 is 0. The number of benzene rings is 1. The van der Waals surface area contributed by atoms with Crippen molar-refractivity contribution >= 4 is 5.97 Å². The smallest absolute Gasteiger partial charge is 0.309 e. The highest BCUT2D eigenvalue weighted by Gasteiger charge is 2.41. The molecule has 0 aromatic heterocycles. The minimum atomic E-state index is -0.652. The number of aliphatic carboxylic acids is 1. The lowest BCUT2D eigenvalue weighted by Gasteiger charge is -2.47. The SMILES string of the molecule is CC1(C)CCC(N2CC(C(=O)O)C2)c2ccccc21. The van der Waals surface area contributed by atoms with Gasteiger partial charge in [-0.25, -0.2) is 0 Å². The van der Waals surface area contributed by atoms with Gasteiger partial charge in [0, 0.05) is 19.1 Å². The van der Waals surface area contributed by atoms with Crippen molar-refractivity contribution in [2.75, 3.05) is 13.1 Å². The molecule has 3 nitrogen and oxygen atoms in total. The van der Waals surface area contributed by atoms with E-state index in [-0.39, 0.29) is 11.3 Å². The van der Waals surface area contributed by atoms with Gasteiger partial charge in [-0.1, -0.05) is 38.1 Å². The van der Waals surface area contributed by atoms with E-state index in [1.54, 1.807) is 0 Å². The van der Waals surface area contributed by atoms with Crippen molar-refractivity contribution < 1.29 is 9.90 Å². The van der Waals surface area contributed by atoms with Crippen LogP contribution in [0.25, 0.3) is 0 Å². The van der Waals surface area contributed by atoms with E-state index in [0.29, 0.717) is 19.1 Å². The molecule has 1 heterocycles. The van der Waals surface area contributed by atoms with Crippen LogP contribution in [0.5, 0.6) is 0 Å². The maximum Gasteiger partial charge on any atom is 0.309 e. The van der Waals surface area contributed by atoms with Crippen LogP contribution in [0.2, 0.25) is 0 Å². The van der Waals surface area contributed by atoms with Crippen molar-refractivity contribution in [3.63, 3.8) is 0 Å². The zero-order chi connectivity index (χ0) is 13.6. The average molecular weight is 259 g/mol. The van der Waals surface area contributed by atoms with Gasteiger partial charge >= 0.3 is 5.97 Å². The number of likely N-dealkylation sites (tertiary alicyclic amines) is 1. The molecule has 1 N–H and O–H groups in total. The Morgan fingerprint density at radius 1 is 1.32 bits per heavy atom. The van der Waals surface area contributed by atoms with Crippen LogP contribution in [0.15, 0.2) is 24.3 Å². The molecule has 1 aliphatic carbocycles. The van der Waals surface area contributed by atoms with Crippen LogP contribution in [-0.4, -0.2) is 29.1 Å². The average Bonchev–Trinajstić information content (AvgIpc) is 2.30. The van der Waals surface area contributed by atoms with Crippen LogP contribution < -0.4 is 0 Å². The van der Waals surface area contributed by atoms with Crippen molar-refractivity contribution in [1.82, 2.24) is 4.90 Å². The number of hydrogen-bond donors (Lipinski definition) is 1. The molecule has 0 radical (unpaired) electrons. The molecule has 1 saturated heterocycles. The predicted molar refractivity (Wildman–Crippen MR) is 74.1 cm³/mol. The zero-order valence-electron chi connectivity index (χ0n) is 11.6. The van der Waals surface area contributed by atoms with Crippen molar-refractivity contribution in [1.29, 1.82) is 0 Å². The summed E-state index contributed by atoms with van der Waals surface area (Å²) in [5.74, 6) is -0.817. The Balaban J connectivity index is 1.84. The maximum atomic E-state index is 10.9. The minimum Gasteiger partial charge on any atom is -0.481 e. The Kier molecular flexibility index (Phi) is 2.90. The summed E-state index contributed by atoms with van der Waals surface area (Å²) in [7, 11) is 0. The molecule has 1 aromatic carbocycles. The highest BCUT2D eigenvalue weighted by molar-refractivity contribution is 5.71. The first-order chi connectivity index (χ1) is 8.99. The van der Waals surface area contributed by atoms with E-state index in [4.69, 9.17) is 5.11 Å². The molecule has 0 saturated carbocycles. The molecule has 3 rings (SSSR count). The van der Waals surface area contributed by atoms with Gasteiger partial charge in [-0.2, -0.15) is 0 Å². The zero-order valence-corrected chi connectivity index (χ0v) is 11.6. The molecule has 102 valence electrons. The number of rotatable bonds is 2. The van der Waals surface area contributed by atoms with Crippen LogP contribution in [0.3, 0.4) is 0 Å². The third-order valence-corrected chi connectivity index (χ3v) is 4.79. The van der Waals surface area contributed by atoms with Crippen LogP contribution in [0.4, 0.5) is 0 Å². The van der Waals surface area contributed by atoms with E-state index in [9.17, 15) is 4.79 Å². The standard InChI is InChI=1S/C16H21NO2/c1-16(2)8-7-14(12-5-3-4-6-13(12)16)17-9-11(10-17)15(18)19/h3-6,11,14H,7-10H2,1-2H3,(H,18,19). The quantitative estimate of drug-likeness (QED) is 0.888. The van der Waals surface area contributed by atoms with Crippen molar-refractivity contribution in [2.24, 2.45) is 5.92 Å². The largest absolute Gasteiger partial charge is 0.481 e. The molecular formula is C16H21NO2. The predicted octanol–water partition coefficient (Wildman–Crippen LogP) is 2.82. The summed E-state index contributed by atoms with van der Waals surface area (Å²) in [5.41, 5.74) is 3.08. The molecule has 19 heavy (non-hydrogen) atoms. The lowest BCUT2D eigenvalue weighted by Crippen LogP contribution is -2.52. The molecule has 0 bridgehead atoms. The Labute approximate surface area is 114 Å². The van der Waals surface area contributed by atoms with Crippen LogP contribution >= 0.6 is 0 Å². The number of carboxylic acid groups (broad SMARTS) is 1. The fourth-order valence-corrected chi connectivity index (χ4v) is 3.49.